The van der Waals surface area contributed by atoms with Gasteiger partial charge in [-0.2, -0.15) is 10.4 Å². The second-order valence-electron chi connectivity index (χ2n) is 5.32. The first-order chi connectivity index (χ1) is 10.0. The van der Waals surface area contributed by atoms with E-state index in [1.165, 1.54) is 0 Å². The van der Waals surface area contributed by atoms with Gasteiger partial charge in [0.05, 0.1) is 6.20 Å². The van der Waals surface area contributed by atoms with Crippen molar-refractivity contribution >= 4 is 5.82 Å². The van der Waals surface area contributed by atoms with E-state index in [0.717, 1.165) is 35.3 Å². The molecule has 0 aliphatic carbocycles. The summed E-state index contributed by atoms with van der Waals surface area (Å²) < 4.78 is 1.85. The molecule has 2 N–H and O–H groups in total. The highest BCUT2D eigenvalue weighted by molar-refractivity contribution is 5.78. The van der Waals surface area contributed by atoms with Gasteiger partial charge in [0.1, 0.15) is 17.5 Å². The largest absolute Gasteiger partial charge is 0.383 e. The fourth-order valence-corrected chi connectivity index (χ4v) is 2.59. The van der Waals surface area contributed by atoms with Crippen molar-refractivity contribution in [3.8, 4) is 17.2 Å². The average Bonchev–Trinajstić information content (AvgIpc) is 2.94. The second kappa shape index (κ2) is 5.96. The molecular weight excluding hydrogens is 262 g/mol. The summed E-state index contributed by atoms with van der Waals surface area (Å²) >= 11 is 0. The number of hydrogen-bond donors (Lipinski definition) is 1. The van der Waals surface area contributed by atoms with Gasteiger partial charge in [0.2, 0.25) is 0 Å². The molecule has 2 aromatic rings. The van der Waals surface area contributed by atoms with Gasteiger partial charge >= 0.3 is 0 Å². The molecule has 0 aromatic carbocycles. The van der Waals surface area contributed by atoms with E-state index in [9.17, 15) is 5.26 Å². The van der Waals surface area contributed by atoms with Crippen LogP contribution in [-0.2, 0) is 13.0 Å². The highest BCUT2D eigenvalue weighted by Crippen LogP contribution is 2.34. The third kappa shape index (κ3) is 2.62. The fraction of sp³-hybridized carbons (Fsp3) is 0.438. The molecule has 5 heteroatoms. The van der Waals surface area contributed by atoms with Crippen LogP contribution in [0.25, 0.3) is 11.1 Å². The van der Waals surface area contributed by atoms with Crippen molar-refractivity contribution in [3.05, 3.63) is 29.2 Å². The smallest absolute Gasteiger partial charge is 0.142 e. The Morgan fingerprint density at radius 1 is 1.38 bits per heavy atom. The van der Waals surface area contributed by atoms with Crippen molar-refractivity contribution in [2.75, 3.05) is 5.73 Å². The van der Waals surface area contributed by atoms with Gasteiger partial charge in [0.15, 0.2) is 0 Å². The number of pyridine rings is 1. The van der Waals surface area contributed by atoms with E-state index in [1.807, 2.05) is 17.8 Å². The van der Waals surface area contributed by atoms with Crippen molar-refractivity contribution in [1.82, 2.24) is 14.8 Å². The Hall–Kier alpha value is -2.35. The molecule has 0 atom stereocenters. The molecule has 2 aromatic heterocycles. The second-order valence-corrected chi connectivity index (χ2v) is 5.32. The number of nitrogens with zero attached hydrogens (tertiary/aromatic N) is 4. The summed E-state index contributed by atoms with van der Waals surface area (Å²) in [4.78, 5) is 4.46. The third-order valence-corrected chi connectivity index (χ3v) is 3.62. The monoisotopic (exact) mass is 283 g/mol. The Morgan fingerprint density at radius 3 is 2.57 bits per heavy atom. The van der Waals surface area contributed by atoms with E-state index in [-0.39, 0.29) is 5.92 Å². The molecule has 0 spiro atoms. The zero-order valence-electron chi connectivity index (χ0n) is 13.0. The number of aromatic nitrogens is 3. The molecule has 0 amide bonds. The quantitative estimate of drug-likeness (QED) is 0.934. The highest BCUT2D eigenvalue weighted by Gasteiger charge is 2.21. The molecule has 0 fully saturated rings. The number of nitrogens with two attached hydrogens (primary N) is 1. The van der Waals surface area contributed by atoms with E-state index in [1.54, 1.807) is 6.20 Å². The van der Waals surface area contributed by atoms with Crippen LogP contribution in [0.15, 0.2) is 12.4 Å². The summed E-state index contributed by atoms with van der Waals surface area (Å²) in [6.07, 6.45) is 4.56. The molecule has 5 nitrogen and oxygen atoms in total. The molecule has 0 saturated heterocycles. The van der Waals surface area contributed by atoms with Crippen LogP contribution >= 0.6 is 0 Å². The minimum atomic E-state index is 0.259. The first kappa shape index (κ1) is 15.0. The topological polar surface area (TPSA) is 80.5 Å². The summed E-state index contributed by atoms with van der Waals surface area (Å²) in [6, 6.07) is 2.21. The van der Waals surface area contributed by atoms with Crippen LogP contribution in [0.4, 0.5) is 5.82 Å². The zero-order chi connectivity index (χ0) is 15.6. The maximum atomic E-state index is 9.48. The van der Waals surface area contributed by atoms with Crippen LogP contribution < -0.4 is 5.73 Å². The number of nitrogen functional groups attached to an aromatic ring is 1. The first-order valence-electron chi connectivity index (χ1n) is 7.28. The lowest BCUT2D eigenvalue weighted by Crippen LogP contribution is -2.08. The van der Waals surface area contributed by atoms with Crippen molar-refractivity contribution in [3.63, 3.8) is 0 Å². The van der Waals surface area contributed by atoms with Gasteiger partial charge in [0.25, 0.3) is 0 Å². The minimum absolute atomic E-state index is 0.259. The predicted molar refractivity (Wildman–Crippen MR) is 83.7 cm³/mol. The van der Waals surface area contributed by atoms with Crippen LogP contribution in [0.5, 0.6) is 0 Å². The standard InChI is InChI=1S/C16H21N5/c1-5-12-14(11-8-19-21(6-2)9-11)13(7-17)16(18)20-15(12)10(3)4/h8-10H,5-6H2,1-4H3,(H2,18,20). The molecule has 0 unspecified atom stereocenters. The van der Waals surface area contributed by atoms with Gasteiger partial charge < -0.3 is 5.73 Å². The van der Waals surface area contributed by atoms with Gasteiger partial charge in [-0.05, 0) is 24.8 Å². The van der Waals surface area contributed by atoms with Crippen molar-refractivity contribution < 1.29 is 0 Å². The Balaban J connectivity index is 2.80. The van der Waals surface area contributed by atoms with Gasteiger partial charge in [-0.1, -0.05) is 20.8 Å². The number of anilines is 1. The molecule has 2 rings (SSSR count). The molecule has 0 aliphatic heterocycles. The van der Waals surface area contributed by atoms with Crippen LogP contribution in [0.2, 0.25) is 0 Å². The molecular formula is C16H21N5. The predicted octanol–water partition coefficient (Wildman–Crippen LogP) is 3.10. The molecule has 21 heavy (non-hydrogen) atoms. The normalized spacial score (nSPS) is 10.9. The molecule has 0 aliphatic rings. The summed E-state index contributed by atoms with van der Waals surface area (Å²) in [5.41, 5.74) is 10.3. The van der Waals surface area contributed by atoms with Gasteiger partial charge in [-0.15, -0.1) is 0 Å². The van der Waals surface area contributed by atoms with Crippen LogP contribution in [0.3, 0.4) is 0 Å². The van der Waals surface area contributed by atoms with E-state index in [0.29, 0.717) is 11.4 Å². The molecule has 0 bridgehead atoms. The summed E-state index contributed by atoms with van der Waals surface area (Å²) in [5, 5.41) is 13.8. The van der Waals surface area contributed by atoms with E-state index in [2.05, 4.69) is 36.9 Å². The summed E-state index contributed by atoms with van der Waals surface area (Å²) in [6.45, 7) is 9.08. The van der Waals surface area contributed by atoms with Crippen molar-refractivity contribution in [2.45, 2.75) is 46.6 Å². The maximum absolute atomic E-state index is 9.48. The van der Waals surface area contributed by atoms with Crippen LogP contribution in [-0.4, -0.2) is 14.8 Å². The van der Waals surface area contributed by atoms with E-state index >= 15 is 0 Å². The van der Waals surface area contributed by atoms with E-state index < -0.39 is 0 Å². The lowest BCUT2D eigenvalue weighted by atomic mass is 9.91. The number of hydrogen-bond acceptors (Lipinski definition) is 4. The molecule has 0 saturated carbocycles. The Labute approximate surface area is 125 Å². The summed E-state index contributed by atoms with van der Waals surface area (Å²) in [7, 11) is 0. The number of rotatable bonds is 4. The van der Waals surface area contributed by atoms with Gasteiger partial charge in [-0.25, -0.2) is 4.98 Å². The highest BCUT2D eigenvalue weighted by atomic mass is 15.3. The summed E-state index contributed by atoms with van der Waals surface area (Å²) in [5.74, 6) is 0.563. The zero-order valence-corrected chi connectivity index (χ0v) is 13.0. The van der Waals surface area contributed by atoms with Crippen molar-refractivity contribution in [2.24, 2.45) is 0 Å². The lowest BCUT2D eigenvalue weighted by Gasteiger charge is -2.17. The first-order valence-corrected chi connectivity index (χ1v) is 7.28. The maximum Gasteiger partial charge on any atom is 0.142 e. The SMILES string of the molecule is CCc1c(C(C)C)nc(N)c(C#N)c1-c1cnn(CC)c1. The molecule has 2 heterocycles. The van der Waals surface area contributed by atoms with Crippen LogP contribution in [0, 0.1) is 11.3 Å². The Bertz CT molecular complexity index is 691. The number of nitriles is 1. The Kier molecular flexibility index (Phi) is 4.27. The van der Waals surface area contributed by atoms with E-state index in [4.69, 9.17) is 5.73 Å². The molecule has 110 valence electrons. The third-order valence-electron chi connectivity index (χ3n) is 3.62. The minimum Gasteiger partial charge on any atom is -0.383 e. The van der Waals surface area contributed by atoms with Crippen LogP contribution in [0.1, 0.15) is 50.4 Å². The average molecular weight is 283 g/mol. The van der Waals surface area contributed by atoms with Gasteiger partial charge in [-0.3, -0.25) is 4.68 Å². The molecule has 0 radical (unpaired) electrons. The number of aryl methyl sites for hydroxylation is 1. The fourth-order valence-electron chi connectivity index (χ4n) is 2.59. The van der Waals surface area contributed by atoms with Crippen molar-refractivity contribution in [1.29, 1.82) is 5.26 Å². The van der Waals surface area contributed by atoms with Gasteiger partial charge in [0, 0.05) is 29.6 Å². The Morgan fingerprint density at radius 2 is 2.10 bits per heavy atom. The lowest BCUT2D eigenvalue weighted by molar-refractivity contribution is 0.660.